The van der Waals surface area contributed by atoms with Crippen molar-refractivity contribution in [3.05, 3.63) is 83.8 Å². The monoisotopic (exact) mass is 391 g/mol. The highest BCUT2D eigenvalue weighted by Crippen LogP contribution is 2.32. The summed E-state index contributed by atoms with van der Waals surface area (Å²) >= 11 is 0. The number of fused-ring (bicyclic) bond motifs is 1. The lowest BCUT2D eigenvalue weighted by atomic mass is 10.1. The normalized spacial score (nSPS) is 12.8. The SMILES string of the molecule is c1ccc(CN=C(NCCc2ccc3c(c2)OCO3)NCCc2ccco2)cc1. The van der Waals surface area contributed by atoms with Gasteiger partial charge >= 0.3 is 0 Å². The van der Waals surface area contributed by atoms with Gasteiger partial charge in [0.15, 0.2) is 17.5 Å². The highest BCUT2D eigenvalue weighted by molar-refractivity contribution is 5.79. The third kappa shape index (κ3) is 5.54. The van der Waals surface area contributed by atoms with E-state index in [0.717, 1.165) is 49.1 Å². The standard InChI is InChI=1S/C23H25N3O3/c1-2-5-19(6-3-1)16-26-23(25-13-11-20-7-4-14-27-20)24-12-10-18-8-9-21-22(15-18)29-17-28-21/h1-9,14-15H,10-13,16-17H2,(H2,24,25,26). The van der Waals surface area contributed by atoms with Gasteiger partial charge in [-0.3, -0.25) is 0 Å². The van der Waals surface area contributed by atoms with E-state index in [1.807, 2.05) is 42.5 Å². The summed E-state index contributed by atoms with van der Waals surface area (Å²) in [6.07, 6.45) is 3.37. The van der Waals surface area contributed by atoms with Crippen LogP contribution in [0.15, 0.2) is 76.3 Å². The van der Waals surface area contributed by atoms with Gasteiger partial charge in [0, 0.05) is 19.5 Å². The first-order valence-electron chi connectivity index (χ1n) is 9.84. The van der Waals surface area contributed by atoms with Gasteiger partial charge in [-0.15, -0.1) is 0 Å². The minimum Gasteiger partial charge on any atom is -0.469 e. The van der Waals surface area contributed by atoms with E-state index in [4.69, 9.17) is 18.9 Å². The molecule has 29 heavy (non-hydrogen) atoms. The molecule has 0 bridgehead atoms. The number of nitrogens with zero attached hydrogens (tertiary/aromatic N) is 1. The van der Waals surface area contributed by atoms with Gasteiger partial charge in [-0.05, 0) is 41.8 Å². The predicted molar refractivity (Wildman–Crippen MR) is 112 cm³/mol. The molecule has 0 radical (unpaired) electrons. The van der Waals surface area contributed by atoms with Crippen molar-refractivity contribution in [3.63, 3.8) is 0 Å². The molecule has 0 spiro atoms. The van der Waals surface area contributed by atoms with Gasteiger partial charge in [0.2, 0.25) is 6.79 Å². The largest absolute Gasteiger partial charge is 0.469 e. The van der Waals surface area contributed by atoms with Crippen LogP contribution in [0.1, 0.15) is 16.9 Å². The van der Waals surface area contributed by atoms with E-state index in [2.05, 4.69) is 28.8 Å². The van der Waals surface area contributed by atoms with Gasteiger partial charge in [0.1, 0.15) is 5.76 Å². The summed E-state index contributed by atoms with van der Waals surface area (Å²) in [5.74, 6) is 3.38. The third-order valence-corrected chi connectivity index (χ3v) is 4.65. The van der Waals surface area contributed by atoms with Crippen LogP contribution in [0.2, 0.25) is 0 Å². The zero-order chi connectivity index (χ0) is 19.7. The van der Waals surface area contributed by atoms with Crippen LogP contribution < -0.4 is 20.1 Å². The molecule has 2 heterocycles. The first-order valence-corrected chi connectivity index (χ1v) is 9.84. The van der Waals surface area contributed by atoms with Crippen molar-refractivity contribution in [3.8, 4) is 11.5 Å². The van der Waals surface area contributed by atoms with Crippen molar-refractivity contribution >= 4 is 5.96 Å². The first kappa shape index (κ1) is 18.9. The van der Waals surface area contributed by atoms with E-state index in [0.29, 0.717) is 13.3 Å². The molecule has 6 nitrogen and oxygen atoms in total. The molecule has 0 aliphatic carbocycles. The number of rotatable bonds is 8. The lowest BCUT2D eigenvalue weighted by Gasteiger charge is -2.13. The topological polar surface area (TPSA) is 68.0 Å². The number of benzene rings is 2. The smallest absolute Gasteiger partial charge is 0.231 e. The maximum Gasteiger partial charge on any atom is 0.231 e. The minimum absolute atomic E-state index is 0.299. The first-order chi connectivity index (χ1) is 14.4. The second-order valence-electron chi connectivity index (χ2n) is 6.77. The van der Waals surface area contributed by atoms with E-state index in [1.165, 1.54) is 11.1 Å². The van der Waals surface area contributed by atoms with E-state index in [1.54, 1.807) is 6.26 Å². The Kier molecular flexibility index (Phi) is 6.32. The quantitative estimate of drug-likeness (QED) is 0.454. The maximum atomic E-state index is 5.45. The van der Waals surface area contributed by atoms with Crippen molar-refractivity contribution in [2.24, 2.45) is 4.99 Å². The van der Waals surface area contributed by atoms with Crippen LogP contribution in [0, 0.1) is 0 Å². The average molecular weight is 391 g/mol. The zero-order valence-corrected chi connectivity index (χ0v) is 16.3. The lowest BCUT2D eigenvalue weighted by molar-refractivity contribution is 0.174. The number of hydrogen-bond acceptors (Lipinski definition) is 4. The molecule has 150 valence electrons. The molecule has 1 aliphatic rings. The molecule has 1 aliphatic heterocycles. The number of aliphatic imine (C=N–C) groups is 1. The molecule has 0 fully saturated rings. The number of ether oxygens (including phenoxy) is 2. The fraction of sp³-hybridized carbons (Fsp3) is 0.261. The molecule has 2 N–H and O–H groups in total. The van der Waals surface area contributed by atoms with Crippen LogP contribution in [-0.4, -0.2) is 25.8 Å². The highest BCUT2D eigenvalue weighted by Gasteiger charge is 2.13. The van der Waals surface area contributed by atoms with Crippen molar-refractivity contribution in [1.29, 1.82) is 0 Å². The van der Waals surface area contributed by atoms with E-state index in [-0.39, 0.29) is 0 Å². The summed E-state index contributed by atoms with van der Waals surface area (Å²) in [7, 11) is 0. The van der Waals surface area contributed by atoms with Crippen molar-refractivity contribution in [2.45, 2.75) is 19.4 Å². The highest BCUT2D eigenvalue weighted by atomic mass is 16.7. The fourth-order valence-electron chi connectivity index (χ4n) is 3.11. The van der Waals surface area contributed by atoms with Gasteiger partial charge in [-0.2, -0.15) is 0 Å². The van der Waals surface area contributed by atoms with Crippen LogP contribution in [-0.2, 0) is 19.4 Å². The minimum atomic E-state index is 0.299. The van der Waals surface area contributed by atoms with Crippen molar-refractivity contribution in [1.82, 2.24) is 10.6 Å². The molecular weight excluding hydrogens is 366 g/mol. The lowest BCUT2D eigenvalue weighted by Crippen LogP contribution is -2.39. The summed E-state index contributed by atoms with van der Waals surface area (Å²) < 4.78 is 16.2. The Bertz CT molecular complexity index is 924. The molecular formula is C23H25N3O3. The number of nitrogens with one attached hydrogen (secondary N) is 2. The average Bonchev–Trinajstić information content (AvgIpc) is 3.44. The molecule has 0 saturated heterocycles. The number of guanidine groups is 1. The Labute approximate surface area is 170 Å². The number of hydrogen-bond donors (Lipinski definition) is 2. The van der Waals surface area contributed by atoms with Crippen LogP contribution in [0.25, 0.3) is 0 Å². The van der Waals surface area contributed by atoms with Gasteiger partial charge < -0.3 is 24.5 Å². The van der Waals surface area contributed by atoms with Gasteiger partial charge in [0.25, 0.3) is 0 Å². The molecule has 0 atom stereocenters. The summed E-state index contributed by atoms with van der Waals surface area (Å²) in [6, 6.07) is 20.2. The zero-order valence-electron chi connectivity index (χ0n) is 16.3. The van der Waals surface area contributed by atoms with Gasteiger partial charge in [-0.25, -0.2) is 4.99 Å². The van der Waals surface area contributed by atoms with Crippen LogP contribution in [0.4, 0.5) is 0 Å². The van der Waals surface area contributed by atoms with Crippen molar-refractivity contribution < 1.29 is 13.9 Å². The molecule has 0 amide bonds. The summed E-state index contributed by atoms with van der Waals surface area (Å²) in [5, 5.41) is 6.81. The molecule has 1 aromatic heterocycles. The van der Waals surface area contributed by atoms with Crippen LogP contribution in [0.3, 0.4) is 0 Å². The summed E-state index contributed by atoms with van der Waals surface area (Å²) in [6.45, 7) is 2.44. The molecule has 6 heteroatoms. The Morgan fingerprint density at radius 2 is 1.66 bits per heavy atom. The van der Waals surface area contributed by atoms with Gasteiger partial charge in [0.05, 0.1) is 12.8 Å². The second kappa shape index (κ2) is 9.68. The number of furan rings is 1. The second-order valence-corrected chi connectivity index (χ2v) is 6.77. The molecule has 0 saturated carbocycles. The van der Waals surface area contributed by atoms with E-state index < -0.39 is 0 Å². The fourth-order valence-corrected chi connectivity index (χ4v) is 3.11. The molecule has 3 aromatic rings. The van der Waals surface area contributed by atoms with Crippen LogP contribution >= 0.6 is 0 Å². The molecule has 0 unspecified atom stereocenters. The Morgan fingerprint density at radius 1 is 0.828 bits per heavy atom. The Morgan fingerprint density at radius 3 is 2.48 bits per heavy atom. The predicted octanol–water partition coefficient (Wildman–Crippen LogP) is 3.53. The molecule has 2 aromatic carbocycles. The van der Waals surface area contributed by atoms with Crippen molar-refractivity contribution in [2.75, 3.05) is 19.9 Å². The van der Waals surface area contributed by atoms with Gasteiger partial charge in [-0.1, -0.05) is 36.4 Å². The Hall–Kier alpha value is -3.41. The van der Waals surface area contributed by atoms with Crippen LogP contribution in [0.5, 0.6) is 11.5 Å². The summed E-state index contributed by atoms with van der Waals surface area (Å²) in [4.78, 5) is 4.72. The maximum absolute atomic E-state index is 5.45. The van der Waals surface area contributed by atoms with E-state index >= 15 is 0 Å². The third-order valence-electron chi connectivity index (χ3n) is 4.65. The summed E-state index contributed by atoms with van der Waals surface area (Å²) in [5.41, 5.74) is 2.37. The molecule has 4 rings (SSSR count). The van der Waals surface area contributed by atoms with E-state index in [9.17, 15) is 0 Å². The Balaban J connectivity index is 1.32.